The molecule has 2 unspecified atom stereocenters. The number of primary amides is 1. The second-order valence-electron chi connectivity index (χ2n) is 5.35. The van der Waals surface area contributed by atoms with E-state index in [2.05, 4.69) is 11.4 Å². The topological polar surface area (TPSA) is 64.3 Å². The highest BCUT2D eigenvalue weighted by Crippen LogP contribution is 2.22. The first kappa shape index (κ1) is 15.5. The fourth-order valence-electron chi connectivity index (χ4n) is 2.09. The molecule has 1 rings (SSSR count). The van der Waals surface area contributed by atoms with Crippen LogP contribution in [0.15, 0.2) is 18.2 Å². The van der Waals surface area contributed by atoms with Gasteiger partial charge in [0.2, 0.25) is 5.91 Å². The molecule has 0 bridgehead atoms. The van der Waals surface area contributed by atoms with Gasteiger partial charge >= 0.3 is 0 Å². The Morgan fingerprint density at radius 1 is 1.47 bits per heavy atom. The van der Waals surface area contributed by atoms with E-state index < -0.39 is 5.54 Å². The van der Waals surface area contributed by atoms with Crippen LogP contribution in [0.4, 0.5) is 0 Å². The van der Waals surface area contributed by atoms with Gasteiger partial charge in [-0.15, -0.1) is 0 Å². The van der Waals surface area contributed by atoms with Crippen molar-refractivity contribution in [3.63, 3.8) is 0 Å². The average Bonchev–Trinajstić information content (AvgIpc) is 2.32. The summed E-state index contributed by atoms with van der Waals surface area (Å²) in [5, 5.41) is 2.96. The zero-order valence-corrected chi connectivity index (χ0v) is 12.4. The Bertz CT molecular complexity index is 459. The third-order valence-corrected chi connectivity index (χ3v) is 3.45. The van der Waals surface area contributed by atoms with Crippen LogP contribution in [0, 0.1) is 13.8 Å². The van der Waals surface area contributed by atoms with E-state index in [0.29, 0.717) is 6.42 Å². The van der Waals surface area contributed by atoms with E-state index in [9.17, 15) is 4.79 Å². The molecule has 0 aliphatic heterocycles. The van der Waals surface area contributed by atoms with Gasteiger partial charge in [0.1, 0.15) is 5.75 Å². The Morgan fingerprint density at radius 2 is 2.11 bits per heavy atom. The van der Waals surface area contributed by atoms with Crippen molar-refractivity contribution in [3.05, 3.63) is 29.3 Å². The summed E-state index contributed by atoms with van der Waals surface area (Å²) in [5.74, 6) is 0.479. The molecule has 0 fully saturated rings. The zero-order valence-electron chi connectivity index (χ0n) is 12.4. The van der Waals surface area contributed by atoms with Gasteiger partial charge < -0.3 is 15.8 Å². The molecule has 0 radical (unpaired) electrons. The van der Waals surface area contributed by atoms with Gasteiger partial charge in [-0.2, -0.15) is 0 Å². The maximum Gasteiger partial charge on any atom is 0.237 e. The molecule has 4 heteroatoms. The summed E-state index contributed by atoms with van der Waals surface area (Å²) >= 11 is 0. The fraction of sp³-hybridized carbons (Fsp3) is 0.533. The van der Waals surface area contributed by atoms with Crippen molar-refractivity contribution < 1.29 is 9.53 Å². The number of aryl methyl sites for hydroxylation is 2. The van der Waals surface area contributed by atoms with Crippen LogP contribution in [0.25, 0.3) is 0 Å². The Labute approximate surface area is 115 Å². The molecule has 3 N–H and O–H groups in total. The first-order chi connectivity index (χ1) is 8.78. The number of nitrogens with one attached hydrogen (secondary N) is 1. The molecule has 0 aliphatic carbocycles. The summed E-state index contributed by atoms with van der Waals surface area (Å²) in [6, 6.07) is 6.05. The van der Waals surface area contributed by atoms with Gasteiger partial charge in [-0.05, 0) is 46.4 Å². The predicted octanol–water partition coefficient (Wildman–Crippen LogP) is 1.92. The molecule has 106 valence electrons. The fourth-order valence-corrected chi connectivity index (χ4v) is 2.09. The van der Waals surface area contributed by atoms with Crippen molar-refractivity contribution >= 4 is 5.91 Å². The average molecular weight is 264 g/mol. The summed E-state index contributed by atoms with van der Waals surface area (Å²) in [7, 11) is 1.73. The lowest BCUT2D eigenvalue weighted by atomic mass is 9.94. The predicted molar refractivity (Wildman–Crippen MR) is 77.3 cm³/mol. The zero-order chi connectivity index (χ0) is 14.6. The number of carbonyl (C=O) groups is 1. The number of rotatable bonds is 6. The SMILES string of the molecule is CNC(C)(CC(C)Oc1ccc(C)cc1C)C(N)=O. The van der Waals surface area contributed by atoms with Crippen LogP contribution in [0.1, 0.15) is 31.4 Å². The molecule has 4 nitrogen and oxygen atoms in total. The van der Waals surface area contributed by atoms with E-state index >= 15 is 0 Å². The number of nitrogens with two attached hydrogens (primary N) is 1. The minimum Gasteiger partial charge on any atom is -0.490 e. The van der Waals surface area contributed by atoms with E-state index in [1.54, 1.807) is 14.0 Å². The Morgan fingerprint density at radius 3 is 2.58 bits per heavy atom. The molecule has 1 aromatic rings. The largest absolute Gasteiger partial charge is 0.490 e. The van der Waals surface area contributed by atoms with Crippen molar-refractivity contribution in [1.82, 2.24) is 5.32 Å². The van der Waals surface area contributed by atoms with Crippen molar-refractivity contribution in [2.75, 3.05) is 7.05 Å². The first-order valence-corrected chi connectivity index (χ1v) is 6.51. The highest BCUT2D eigenvalue weighted by atomic mass is 16.5. The quantitative estimate of drug-likeness (QED) is 0.825. The maximum absolute atomic E-state index is 11.5. The number of carbonyl (C=O) groups excluding carboxylic acids is 1. The van der Waals surface area contributed by atoms with E-state index in [-0.39, 0.29) is 12.0 Å². The second-order valence-corrected chi connectivity index (χ2v) is 5.35. The van der Waals surface area contributed by atoms with Crippen molar-refractivity contribution in [1.29, 1.82) is 0 Å². The normalized spacial score (nSPS) is 15.6. The monoisotopic (exact) mass is 264 g/mol. The van der Waals surface area contributed by atoms with E-state index in [0.717, 1.165) is 11.3 Å². The van der Waals surface area contributed by atoms with Crippen LogP contribution in [-0.4, -0.2) is 24.6 Å². The summed E-state index contributed by atoms with van der Waals surface area (Å²) < 4.78 is 5.90. The number of ether oxygens (including phenoxy) is 1. The van der Waals surface area contributed by atoms with Crippen LogP contribution in [-0.2, 0) is 4.79 Å². The molecule has 0 heterocycles. The Hall–Kier alpha value is -1.55. The Kier molecular flexibility index (Phi) is 4.95. The Balaban J connectivity index is 2.74. The minimum atomic E-state index is -0.752. The number of amides is 1. The number of hydrogen-bond acceptors (Lipinski definition) is 3. The number of benzene rings is 1. The summed E-state index contributed by atoms with van der Waals surface area (Å²) in [6.07, 6.45) is 0.415. The van der Waals surface area contributed by atoms with Gasteiger partial charge in [0, 0.05) is 6.42 Å². The summed E-state index contributed by atoms with van der Waals surface area (Å²) in [6.45, 7) is 7.79. The van der Waals surface area contributed by atoms with Gasteiger partial charge in [0.15, 0.2) is 0 Å². The third kappa shape index (κ3) is 3.96. The second kappa shape index (κ2) is 6.06. The van der Waals surface area contributed by atoms with Crippen LogP contribution in [0.3, 0.4) is 0 Å². The first-order valence-electron chi connectivity index (χ1n) is 6.51. The third-order valence-electron chi connectivity index (χ3n) is 3.45. The highest BCUT2D eigenvalue weighted by molar-refractivity contribution is 5.84. The molecule has 0 saturated carbocycles. The van der Waals surface area contributed by atoms with Gasteiger partial charge in [-0.3, -0.25) is 4.79 Å². The van der Waals surface area contributed by atoms with Crippen LogP contribution >= 0.6 is 0 Å². The van der Waals surface area contributed by atoms with E-state index in [1.165, 1.54) is 5.56 Å². The van der Waals surface area contributed by atoms with Crippen molar-refractivity contribution in [2.45, 2.75) is 45.8 Å². The standard InChI is InChI=1S/C15H24N2O2/c1-10-6-7-13(11(2)8-10)19-12(3)9-15(4,17-5)14(16)18/h6-8,12,17H,9H2,1-5H3,(H2,16,18). The maximum atomic E-state index is 11.5. The molecule has 0 spiro atoms. The molecule has 1 amide bonds. The lowest BCUT2D eigenvalue weighted by molar-refractivity contribution is -0.124. The molecular weight excluding hydrogens is 240 g/mol. The van der Waals surface area contributed by atoms with Crippen LogP contribution in [0.5, 0.6) is 5.75 Å². The van der Waals surface area contributed by atoms with E-state index in [4.69, 9.17) is 10.5 Å². The number of likely N-dealkylation sites (N-methyl/N-ethyl adjacent to an activating group) is 1. The highest BCUT2D eigenvalue weighted by Gasteiger charge is 2.31. The smallest absolute Gasteiger partial charge is 0.237 e. The van der Waals surface area contributed by atoms with Crippen LogP contribution < -0.4 is 15.8 Å². The van der Waals surface area contributed by atoms with Crippen molar-refractivity contribution in [3.8, 4) is 5.75 Å². The molecular formula is C15H24N2O2. The summed E-state index contributed by atoms with van der Waals surface area (Å²) in [5.41, 5.74) is 6.96. The van der Waals surface area contributed by atoms with E-state index in [1.807, 2.05) is 32.9 Å². The van der Waals surface area contributed by atoms with Gasteiger partial charge in [0.25, 0.3) is 0 Å². The lowest BCUT2D eigenvalue weighted by Gasteiger charge is -2.29. The van der Waals surface area contributed by atoms with Gasteiger partial charge in [-0.25, -0.2) is 0 Å². The molecule has 0 aromatic heterocycles. The molecule has 2 atom stereocenters. The minimum absolute atomic E-state index is 0.105. The number of hydrogen-bond donors (Lipinski definition) is 2. The van der Waals surface area contributed by atoms with Crippen LogP contribution in [0.2, 0.25) is 0 Å². The van der Waals surface area contributed by atoms with Gasteiger partial charge in [0.05, 0.1) is 11.6 Å². The van der Waals surface area contributed by atoms with Crippen molar-refractivity contribution in [2.24, 2.45) is 5.73 Å². The lowest BCUT2D eigenvalue weighted by Crippen LogP contribution is -2.53. The molecule has 0 aliphatic rings. The molecule has 0 saturated heterocycles. The molecule has 19 heavy (non-hydrogen) atoms. The molecule has 1 aromatic carbocycles. The van der Waals surface area contributed by atoms with Gasteiger partial charge in [-0.1, -0.05) is 17.7 Å². The summed E-state index contributed by atoms with van der Waals surface area (Å²) in [4.78, 5) is 11.5.